The number of aromatic nitrogens is 4. The molecule has 1 fully saturated rings. The van der Waals surface area contributed by atoms with E-state index < -0.39 is 30.3 Å². The number of primary amides is 1. The molecule has 3 aromatic heterocycles. The molecule has 8 nitrogen and oxygen atoms in total. The standard InChI is InChI=1S/C22H19F2N5O3/c1-11-2-3-13(30)15-17(11)29-19(28-15)14(18(25)31)16-20(29)27-12(10-26-16)4-5-21(32)6-8-22(23,24)9-7-21/h2-3,10,26-27,32H,6-9H2,1H3,(H2,25,31). The van der Waals surface area contributed by atoms with E-state index >= 15 is 0 Å². The van der Waals surface area contributed by atoms with Gasteiger partial charge in [0.2, 0.25) is 11.4 Å². The number of hydrogen-bond acceptors (Lipinski definition) is 4. The summed E-state index contributed by atoms with van der Waals surface area (Å²) in [5.41, 5.74) is 6.85. The van der Waals surface area contributed by atoms with Crippen LogP contribution in [0.15, 0.2) is 23.1 Å². The molecule has 0 spiro atoms. The van der Waals surface area contributed by atoms with Crippen molar-refractivity contribution in [3.8, 4) is 11.8 Å². The van der Waals surface area contributed by atoms with Crippen molar-refractivity contribution in [2.45, 2.75) is 44.1 Å². The highest BCUT2D eigenvalue weighted by Gasteiger charge is 2.41. The van der Waals surface area contributed by atoms with Crippen LogP contribution in [0.5, 0.6) is 0 Å². The topological polar surface area (TPSA) is 129 Å². The number of rotatable bonds is 1. The number of amides is 1. The van der Waals surface area contributed by atoms with Crippen LogP contribution in [-0.2, 0) is 0 Å². The molecule has 32 heavy (non-hydrogen) atoms. The van der Waals surface area contributed by atoms with Gasteiger partial charge in [0.05, 0.1) is 11.0 Å². The Morgan fingerprint density at radius 3 is 2.69 bits per heavy atom. The summed E-state index contributed by atoms with van der Waals surface area (Å²) < 4.78 is 28.5. The van der Waals surface area contributed by atoms with Gasteiger partial charge in [-0.1, -0.05) is 12.0 Å². The van der Waals surface area contributed by atoms with Crippen LogP contribution in [-0.4, -0.2) is 41.9 Å². The van der Waals surface area contributed by atoms with E-state index in [9.17, 15) is 23.5 Å². The third kappa shape index (κ3) is 3.05. The first kappa shape index (κ1) is 20.2. The molecule has 0 aliphatic heterocycles. The summed E-state index contributed by atoms with van der Waals surface area (Å²) >= 11 is 0. The maximum atomic E-state index is 13.4. The van der Waals surface area contributed by atoms with Gasteiger partial charge in [-0.3, -0.25) is 14.0 Å². The monoisotopic (exact) mass is 439 g/mol. The molecule has 1 aromatic carbocycles. The zero-order valence-electron chi connectivity index (χ0n) is 17.1. The highest BCUT2D eigenvalue weighted by molar-refractivity contribution is 6.12. The van der Waals surface area contributed by atoms with Gasteiger partial charge in [0, 0.05) is 19.0 Å². The number of aryl methyl sites for hydroxylation is 1. The van der Waals surface area contributed by atoms with E-state index in [0.717, 1.165) is 5.56 Å². The van der Waals surface area contributed by atoms with Crippen molar-refractivity contribution in [2.24, 2.45) is 5.73 Å². The lowest BCUT2D eigenvalue weighted by molar-refractivity contribution is -0.0823. The smallest absolute Gasteiger partial charge is 0.254 e. The number of aromatic amines is 2. The van der Waals surface area contributed by atoms with E-state index in [1.807, 2.05) is 6.92 Å². The number of carbonyl (C=O) groups excluding carboxylic acids is 1. The largest absolute Gasteiger partial charge is 0.378 e. The van der Waals surface area contributed by atoms with Gasteiger partial charge in [0.15, 0.2) is 5.65 Å². The number of nitrogens with one attached hydrogen (secondary N) is 2. The molecule has 0 unspecified atom stereocenters. The number of nitrogens with zero attached hydrogens (tertiary/aromatic N) is 2. The molecule has 0 atom stereocenters. The number of benzene rings is 1. The van der Waals surface area contributed by atoms with Gasteiger partial charge in [-0.2, -0.15) is 0 Å². The van der Waals surface area contributed by atoms with Crippen LogP contribution in [0.3, 0.4) is 0 Å². The Morgan fingerprint density at radius 1 is 1.28 bits per heavy atom. The number of fused-ring (bicyclic) bond motifs is 5. The number of nitrogens with two attached hydrogens (primary N) is 1. The SMILES string of the molecule is Cc1ccc(=O)c2nc3c(C(N)=O)c4[nH]cc(C#CC5(O)CCC(F)(F)CC5)[nH]c4n3c12. The molecule has 0 bridgehead atoms. The average molecular weight is 439 g/mol. The molecule has 5 N–H and O–H groups in total. The van der Waals surface area contributed by atoms with E-state index in [4.69, 9.17) is 5.73 Å². The fourth-order valence-electron chi connectivity index (χ4n) is 4.25. The second-order valence-electron chi connectivity index (χ2n) is 8.28. The van der Waals surface area contributed by atoms with Crippen LogP contribution in [0.4, 0.5) is 8.78 Å². The molecule has 1 aliphatic rings. The number of carbonyl (C=O) groups is 1. The second-order valence-corrected chi connectivity index (χ2v) is 8.28. The maximum absolute atomic E-state index is 13.4. The summed E-state index contributed by atoms with van der Waals surface area (Å²) in [4.78, 5) is 35.0. The number of hydrogen-bond donors (Lipinski definition) is 4. The van der Waals surface area contributed by atoms with Crippen molar-refractivity contribution in [3.63, 3.8) is 0 Å². The molecule has 10 heteroatoms. The van der Waals surface area contributed by atoms with Crippen LogP contribution >= 0.6 is 0 Å². The summed E-state index contributed by atoms with van der Waals surface area (Å²) in [5.74, 6) is 2.01. The average Bonchev–Trinajstić information content (AvgIpc) is 3.27. The lowest BCUT2D eigenvalue weighted by atomic mass is 9.83. The van der Waals surface area contributed by atoms with Crippen molar-refractivity contribution in [1.29, 1.82) is 0 Å². The minimum Gasteiger partial charge on any atom is -0.378 e. The number of imidazole rings is 1. The highest BCUT2D eigenvalue weighted by atomic mass is 19.3. The fourth-order valence-corrected chi connectivity index (χ4v) is 4.25. The molecule has 164 valence electrons. The van der Waals surface area contributed by atoms with Gasteiger partial charge in [-0.05, 0) is 37.3 Å². The summed E-state index contributed by atoms with van der Waals surface area (Å²) in [5, 5.41) is 10.6. The first-order chi connectivity index (χ1) is 15.1. The second kappa shape index (κ2) is 6.64. The molecule has 1 saturated carbocycles. The molecule has 5 rings (SSSR count). The number of aliphatic hydroxyl groups is 1. The van der Waals surface area contributed by atoms with Gasteiger partial charge in [0.1, 0.15) is 28.0 Å². The molecule has 1 amide bonds. The minimum atomic E-state index is -2.78. The van der Waals surface area contributed by atoms with E-state index in [-0.39, 0.29) is 35.0 Å². The van der Waals surface area contributed by atoms with Crippen molar-refractivity contribution < 1.29 is 18.7 Å². The fraction of sp³-hybridized carbons (Fsp3) is 0.318. The first-order valence-electron chi connectivity index (χ1n) is 10.1. The van der Waals surface area contributed by atoms with Gasteiger partial charge in [-0.15, -0.1) is 0 Å². The minimum absolute atomic E-state index is 0.122. The molecular weight excluding hydrogens is 420 g/mol. The van der Waals surface area contributed by atoms with Crippen molar-refractivity contribution >= 4 is 33.8 Å². The van der Waals surface area contributed by atoms with Gasteiger partial charge < -0.3 is 20.8 Å². The highest BCUT2D eigenvalue weighted by Crippen LogP contribution is 2.38. The quantitative estimate of drug-likeness (QED) is 0.339. The summed E-state index contributed by atoms with van der Waals surface area (Å²) in [7, 11) is 0. The van der Waals surface area contributed by atoms with E-state index in [1.54, 1.807) is 10.5 Å². The molecule has 1 aliphatic carbocycles. The lowest BCUT2D eigenvalue weighted by Crippen LogP contribution is -2.37. The number of halogens is 2. The Balaban J connectivity index is 1.71. The summed E-state index contributed by atoms with van der Waals surface area (Å²) in [6, 6.07) is 3.08. The summed E-state index contributed by atoms with van der Waals surface area (Å²) in [6.07, 6.45) is 0.412. The Bertz CT molecular complexity index is 1540. The Hall–Kier alpha value is -3.71. The van der Waals surface area contributed by atoms with Crippen LogP contribution in [0, 0.1) is 18.8 Å². The van der Waals surface area contributed by atoms with Gasteiger partial charge in [-0.25, -0.2) is 13.8 Å². The predicted molar refractivity (Wildman–Crippen MR) is 114 cm³/mol. The molecular formula is C22H19F2N5O3. The van der Waals surface area contributed by atoms with Gasteiger partial charge >= 0.3 is 0 Å². The molecule has 0 saturated heterocycles. The van der Waals surface area contributed by atoms with Crippen LogP contribution < -0.4 is 11.2 Å². The predicted octanol–water partition coefficient (Wildman–Crippen LogP) is 2.36. The van der Waals surface area contributed by atoms with E-state index in [0.29, 0.717) is 22.4 Å². The third-order valence-electron chi connectivity index (χ3n) is 6.00. The Labute approximate surface area is 179 Å². The lowest BCUT2D eigenvalue weighted by Gasteiger charge is -2.31. The van der Waals surface area contributed by atoms with Gasteiger partial charge in [0.25, 0.3) is 5.91 Å². The normalized spacial score (nSPS) is 17.5. The van der Waals surface area contributed by atoms with Crippen molar-refractivity contribution in [3.05, 3.63) is 45.4 Å². The number of alkyl halides is 2. The summed E-state index contributed by atoms with van der Waals surface area (Å²) in [6.45, 7) is 1.82. The molecule has 3 heterocycles. The van der Waals surface area contributed by atoms with Crippen LogP contribution in [0.25, 0.3) is 27.8 Å². The molecule has 0 radical (unpaired) electrons. The Kier molecular flexibility index (Phi) is 4.19. The first-order valence-corrected chi connectivity index (χ1v) is 10.1. The van der Waals surface area contributed by atoms with Crippen LogP contribution in [0.2, 0.25) is 0 Å². The Morgan fingerprint density at radius 2 is 2.00 bits per heavy atom. The van der Waals surface area contributed by atoms with Crippen molar-refractivity contribution in [2.75, 3.05) is 0 Å². The van der Waals surface area contributed by atoms with Crippen LogP contribution in [0.1, 0.15) is 47.3 Å². The maximum Gasteiger partial charge on any atom is 0.254 e. The zero-order chi connectivity index (χ0) is 22.8. The third-order valence-corrected chi connectivity index (χ3v) is 6.00. The number of H-pyrrole nitrogens is 2. The van der Waals surface area contributed by atoms with E-state index in [2.05, 4.69) is 26.8 Å². The molecule has 4 aromatic rings. The van der Waals surface area contributed by atoms with Crippen molar-refractivity contribution in [1.82, 2.24) is 19.4 Å². The zero-order valence-corrected chi connectivity index (χ0v) is 17.1. The van der Waals surface area contributed by atoms with E-state index in [1.165, 1.54) is 12.3 Å².